The predicted molar refractivity (Wildman–Crippen MR) is 116 cm³/mol. The smallest absolute Gasteiger partial charge is 0.306 e. The molecule has 0 aliphatic rings. The van der Waals surface area contributed by atoms with Gasteiger partial charge in [0.15, 0.2) is 6.61 Å². The predicted octanol–water partition coefficient (Wildman–Crippen LogP) is 4.56. The number of hydrogen-bond donors (Lipinski definition) is 1. The zero-order valence-corrected chi connectivity index (χ0v) is 17.1. The summed E-state index contributed by atoms with van der Waals surface area (Å²) >= 11 is 1.60. The van der Waals surface area contributed by atoms with E-state index >= 15 is 0 Å². The van der Waals surface area contributed by atoms with E-state index in [1.165, 1.54) is 11.1 Å². The van der Waals surface area contributed by atoms with Gasteiger partial charge in [-0.15, -0.1) is 0 Å². The number of ether oxygens (including phenoxy) is 1. The van der Waals surface area contributed by atoms with E-state index in [9.17, 15) is 9.59 Å². The van der Waals surface area contributed by atoms with Crippen LogP contribution in [0, 0.1) is 0 Å². The SMILES string of the molecule is O=C(COC(=O)CCc1ccsc1)NCCC(c1ccccc1)c1ccccc1. The average molecular weight is 408 g/mol. The highest BCUT2D eigenvalue weighted by molar-refractivity contribution is 7.07. The van der Waals surface area contributed by atoms with Crippen LogP contribution in [0.1, 0.15) is 35.4 Å². The van der Waals surface area contributed by atoms with Gasteiger partial charge in [-0.25, -0.2) is 0 Å². The first kappa shape index (κ1) is 20.8. The highest BCUT2D eigenvalue weighted by Crippen LogP contribution is 2.27. The van der Waals surface area contributed by atoms with Crippen LogP contribution in [0.15, 0.2) is 77.5 Å². The van der Waals surface area contributed by atoms with Gasteiger partial charge in [-0.1, -0.05) is 60.7 Å². The van der Waals surface area contributed by atoms with Gasteiger partial charge in [0.05, 0.1) is 0 Å². The summed E-state index contributed by atoms with van der Waals surface area (Å²) in [4.78, 5) is 23.8. The first-order valence-corrected chi connectivity index (χ1v) is 10.7. The molecule has 29 heavy (non-hydrogen) atoms. The number of esters is 1. The molecule has 4 nitrogen and oxygen atoms in total. The minimum absolute atomic E-state index is 0.200. The van der Waals surface area contributed by atoms with Gasteiger partial charge in [0, 0.05) is 18.9 Å². The summed E-state index contributed by atoms with van der Waals surface area (Å²) in [6, 6.07) is 22.5. The van der Waals surface area contributed by atoms with Crippen LogP contribution in [0.5, 0.6) is 0 Å². The van der Waals surface area contributed by atoms with Crippen LogP contribution in [0.2, 0.25) is 0 Å². The number of hydrogen-bond acceptors (Lipinski definition) is 4. The highest BCUT2D eigenvalue weighted by atomic mass is 32.1. The van der Waals surface area contributed by atoms with Crippen molar-refractivity contribution in [3.8, 4) is 0 Å². The topological polar surface area (TPSA) is 55.4 Å². The Morgan fingerprint density at radius 2 is 1.59 bits per heavy atom. The summed E-state index contributed by atoms with van der Waals surface area (Å²) in [5.41, 5.74) is 3.55. The Morgan fingerprint density at radius 3 is 2.17 bits per heavy atom. The van der Waals surface area contributed by atoms with Crippen molar-refractivity contribution < 1.29 is 14.3 Å². The molecule has 1 heterocycles. The number of carbonyl (C=O) groups excluding carboxylic acids is 2. The minimum atomic E-state index is -0.349. The maximum Gasteiger partial charge on any atom is 0.306 e. The Labute approximate surface area is 175 Å². The molecule has 1 N–H and O–H groups in total. The van der Waals surface area contributed by atoms with Crippen molar-refractivity contribution in [2.75, 3.05) is 13.2 Å². The van der Waals surface area contributed by atoms with Crippen LogP contribution in [-0.2, 0) is 20.7 Å². The van der Waals surface area contributed by atoms with Crippen LogP contribution in [-0.4, -0.2) is 25.0 Å². The van der Waals surface area contributed by atoms with Gasteiger partial charge in [0.2, 0.25) is 0 Å². The number of amides is 1. The Balaban J connectivity index is 1.43. The number of carbonyl (C=O) groups is 2. The van der Waals surface area contributed by atoms with Crippen LogP contribution in [0.4, 0.5) is 0 Å². The second kappa shape index (κ2) is 11.2. The molecule has 0 aliphatic heterocycles. The summed E-state index contributed by atoms with van der Waals surface area (Å²) in [5, 5.41) is 6.85. The van der Waals surface area contributed by atoms with Gasteiger partial charge in [-0.05, 0) is 46.4 Å². The van der Waals surface area contributed by atoms with E-state index in [0.717, 1.165) is 12.0 Å². The molecular weight excluding hydrogens is 382 g/mol. The van der Waals surface area contributed by atoms with Crippen molar-refractivity contribution in [1.82, 2.24) is 5.32 Å². The molecule has 0 bridgehead atoms. The first-order chi connectivity index (χ1) is 14.2. The molecule has 3 rings (SSSR count). The van der Waals surface area contributed by atoms with Crippen molar-refractivity contribution in [3.63, 3.8) is 0 Å². The lowest BCUT2D eigenvalue weighted by atomic mass is 9.88. The van der Waals surface area contributed by atoms with E-state index < -0.39 is 0 Å². The molecular formula is C24H25NO3S. The second-order valence-electron chi connectivity index (χ2n) is 6.80. The number of benzene rings is 2. The standard InChI is InChI=1S/C24H25NO3S/c26-23(17-28-24(27)12-11-19-14-16-29-18-19)25-15-13-22(20-7-3-1-4-8-20)21-9-5-2-6-10-21/h1-10,14,16,18,22H,11-13,15,17H2,(H,25,26). The molecule has 0 saturated carbocycles. The van der Waals surface area contributed by atoms with Crippen molar-refractivity contribution in [2.45, 2.75) is 25.2 Å². The zero-order chi connectivity index (χ0) is 20.3. The van der Waals surface area contributed by atoms with E-state index in [4.69, 9.17) is 4.74 Å². The lowest BCUT2D eigenvalue weighted by molar-refractivity contribution is -0.148. The van der Waals surface area contributed by atoms with Gasteiger partial charge in [-0.2, -0.15) is 11.3 Å². The Morgan fingerprint density at radius 1 is 0.931 bits per heavy atom. The van der Waals surface area contributed by atoms with Crippen LogP contribution < -0.4 is 5.32 Å². The summed E-state index contributed by atoms with van der Waals surface area (Å²) in [6.45, 7) is 0.281. The Kier molecular flexibility index (Phi) is 8.01. The molecule has 5 heteroatoms. The van der Waals surface area contributed by atoms with Gasteiger partial charge in [-0.3, -0.25) is 9.59 Å². The average Bonchev–Trinajstić information content (AvgIpc) is 3.29. The van der Waals surface area contributed by atoms with Gasteiger partial charge in [0.25, 0.3) is 5.91 Å². The van der Waals surface area contributed by atoms with Crippen molar-refractivity contribution in [2.24, 2.45) is 0 Å². The van der Waals surface area contributed by atoms with E-state index in [1.807, 2.05) is 53.2 Å². The third kappa shape index (κ3) is 6.88. The number of aryl methyl sites for hydroxylation is 1. The lowest BCUT2D eigenvalue weighted by Gasteiger charge is -2.18. The highest BCUT2D eigenvalue weighted by Gasteiger charge is 2.14. The zero-order valence-electron chi connectivity index (χ0n) is 16.3. The van der Waals surface area contributed by atoms with Gasteiger partial charge in [0.1, 0.15) is 0 Å². The number of nitrogens with one attached hydrogen (secondary N) is 1. The largest absolute Gasteiger partial charge is 0.456 e. The van der Waals surface area contributed by atoms with Gasteiger partial charge < -0.3 is 10.1 Å². The summed E-state index contributed by atoms with van der Waals surface area (Å²) in [5.74, 6) is -0.419. The number of thiophene rings is 1. The molecule has 2 aromatic carbocycles. The molecule has 150 valence electrons. The molecule has 3 aromatic rings. The summed E-state index contributed by atoms with van der Waals surface area (Å²) in [6.07, 6.45) is 1.69. The quantitative estimate of drug-likeness (QED) is 0.501. The van der Waals surface area contributed by atoms with Crippen molar-refractivity contribution in [1.29, 1.82) is 0 Å². The van der Waals surface area contributed by atoms with E-state index in [2.05, 4.69) is 29.6 Å². The van der Waals surface area contributed by atoms with E-state index in [1.54, 1.807) is 11.3 Å². The second-order valence-corrected chi connectivity index (χ2v) is 7.58. The molecule has 0 spiro atoms. The summed E-state index contributed by atoms with van der Waals surface area (Å²) < 4.78 is 5.08. The monoisotopic (exact) mass is 407 g/mol. The lowest BCUT2D eigenvalue weighted by Crippen LogP contribution is -2.30. The molecule has 1 amide bonds. The molecule has 0 radical (unpaired) electrons. The normalized spacial score (nSPS) is 10.7. The fourth-order valence-electron chi connectivity index (χ4n) is 3.20. The number of rotatable bonds is 10. The molecule has 0 atom stereocenters. The van der Waals surface area contributed by atoms with E-state index in [0.29, 0.717) is 13.0 Å². The van der Waals surface area contributed by atoms with Crippen molar-refractivity contribution >= 4 is 23.2 Å². The minimum Gasteiger partial charge on any atom is -0.456 e. The van der Waals surface area contributed by atoms with Crippen molar-refractivity contribution in [3.05, 3.63) is 94.2 Å². The molecule has 0 unspecified atom stereocenters. The van der Waals surface area contributed by atoms with Crippen LogP contribution in [0.3, 0.4) is 0 Å². The van der Waals surface area contributed by atoms with E-state index in [-0.39, 0.29) is 30.8 Å². The maximum absolute atomic E-state index is 12.0. The maximum atomic E-state index is 12.0. The first-order valence-electron chi connectivity index (χ1n) is 9.75. The Bertz CT molecular complexity index is 840. The third-order valence-corrected chi connectivity index (χ3v) is 5.45. The van der Waals surface area contributed by atoms with Crippen LogP contribution >= 0.6 is 11.3 Å². The fraction of sp³-hybridized carbons (Fsp3) is 0.250. The molecule has 0 fully saturated rings. The molecule has 0 aliphatic carbocycles. The van der Waals surface area contributed by atoms with Gasteiger partial charge >= 0.3 is 5.97 Å². The third-order valence-electron chi connectivity index (χ3n) is 4.72. The fourth-order valence-corrected chi connectivity index (χ4v) is 3.91. The molecule has 1 aromatic heterocycles. The molecule has 0 saturated heterocycles. The van der Waals surface area contributed by atoms with Crippen LogP contribution in [0.25, 0.3) is 0 Å². The Hall–Kier alpha value is -2.92. The summed E-state index contributed by atoms with van der Waals surface area (Å²) in [7, 11) is 0.